The molecule has 7 heteroatoms. The van der Waals surface area contributed by atoms with E-state index in [1.54, 1.807) is 12.3 Å². The van der Waals surface area contributed by atoms with E-state index in [9.17, 15) is 4.79 Å². The molecule has 2 rings (SSSR count). The maximum absolute atomic E-state index is 11.6. The Bertz CT molecular complexity index is 337. The van der Waals surface area contributed by atoms with Crippen LogP contribution in [0.4, 0.5) is 0 Å². The van der Waals surface area contributed by atoms with Crippen LogP contribution in [0.15, 0.2) is 12.3 Å². The Morgan fingerprint density at radius 3 is 2.89 bits per heavy atom. The largest absolute Gasteiger partial charge is 0.351 e. The molecule has 1 fully saturated rings. The Morgan fingerprint density at radius 1 is 1.44 bits per heavy atom. The maximum atomic E-state index is 11.6. The van der Waals surface area contributed by atoms with E-state index in [0.29, 0.717) is 12.2 Å². The number of carbonyl (C=O) groups is 1. The molecule has 0 unspecified atom stereocenters. The van der Waals surface area contributed by atoms with Gasteiger partial charge in [0, 0.05) is 38.9 Å². The van der Waals surface area contributed by atoms with Crippen molar-refractivity contribution >= 4 is 18.3 Å². The van der Waals surface area contributed by atoms with E-state index in [1.807, 2.05) is 0 Å². The van der Waals surface area contributed by atoms with Crippen molar-refractivity contribution in [3.63, 3.8) is 0 Å². The van der Waals surface area contributed by atoms with Gasteiger partial charge >= 0.3 is 0 Å². The molecule has 1 aliphatic rings. The zero-order valence-corrected chi connectivity index (χ0v) is 11.1. The number of piperazine rings is 1. The third-order valence-electron chi connectivity index (χ3n) is 2.89. The predicted octanol–water partition coefficient (Wildman–Crippen LogP) is -0.143. The van der Waals surface area contributed by atoms with Gasteiger partial charge in [0.2, 0.25) is 0 Å². The molecule has 0 radical (unpaired) electrons. The van der Waals surface area contributed by atoms with Crippen LogP contribution in [-0.2, 0) is 0 Å². The van der Waals surface area contributed by atoms with Crippen LogP contribution in [0.1, 0.15) is 16.9 Å². The molecule has 1 aliphatic heterocycles. The molecule has 102 valence electrons. The summed E-state index contributed by atoms with van der Waals surface area (Å²) < 4.78 is 0. The summed E-state index contributed by atoms with van der Waals surface area (Å²) in [6.45, 7) is 6.11. The molecule has 0 saturated carbocycles. The monoisotopic (exact) mass is 273 g/mol. The molecule has 0 bridgehead atoms. The minimum Gasteiger partial charge on any atom is -0.351 e. The second-order valence-corrected chi connectivity index (χ2v) is 4.17. The van der Waals surface area contributed by atoms with E-state index >= 15 is 0 Å². The number of amides is 1. The number of nitrogens with zero attached hydrogens (tertiary/aromatic N) is 2. The van der Waals surface area contributed by atoms with E-state index in [-0.39, 0.29) is 18.3 Å². The summed E-state index contributed by atoms with van der Waals surface area (Å²) in [6.07, 6.45) is 2.57. The summed E-state index contributed by atoms with van der Waals surface area (Å²) in [5.74, 6) is -0.0807. The number of hydrogen-bond donors (Lipinski definition) is 3. The molecule has 0 spiro atoms. The molecule has 1 amide bonds. The number of aromatic amines is 1. The van der Waals surface area contributed by atoms with Crippen LogP contribution in [0.5, 0.6) is 0 Å². The highest BCUT2D eigenvalue weighted by Crippen LogP contribution is 1.94. The van der Waals surface area contributed by atoms with Gasteiger partial charge in [0.15, 0.2) is 0 Å². The molecule has 1 aromatic heterocycles. The molecule has 1 aromatic rings. The quantitative estimate of drug-likeness (QED) is 0.653. The molecule has 2 heterocycles. The van der Waals surface area contributed by atoms with Gasteiger partial charge in [-0.15, -0.1) is 12.4 Å². The van der Waals surface area contributed by atoms with E-state index in [1.165, 1.54) is 0 Å². The van der Waals surface area contributed by atoms with Gasteiger partial charge in [0.1, 0.15) is 5.69 Å². The van der Waals surface area contributed by atoms with Crippen LogP contribution in [-0.4, -0.2) is 60.3 Å². The number of rotatable bonds is 5. The van der Waals surface area contributed by atoms with Gasteiger partial charge in [-0.3, -0.25) is 9.89 Å². The second kappa shape index (κ2) is 8.07. The number of carbonyl (C=O) groups excluding carboxylic acids is 1. The first-order valence-corrected chi connectivity index (χ1v) is 6.07. The average molecular weight is 274 g/mol. The van der Waals surface area contributed by atoms with Gasteiger partial charge in [0.05, 0.1) is 0 Å². The molecule has 3 N–H and O–H groups in total. The Labute approximate surface area is 113 Å². The van der Waals surface area contributed by atoms with Crippen molar-refractivity contribution in [1.29, 1.82) is 0 Å². The van der Waals surface area contributed by atoms with Crippen molar-refractivity contribution in [3.8, 4) is 0 Å². The van der Waals surface area contributed by atoms with Gasteiger partial charge in [-0.25, -0.2) is 0 Å². The van der Waals surface area contributed by atoms with Gasteiger partial charge < -0.3 is 15.5 Å². The zero-order chi connectivity index (χ0) is 11.9. The summed E-state index contributed by atoms with van der Waals surface area (Å²) in [7, 11) is 0. The van der Waals surface area contributed by atoms with Crippen LogP contribution >= 0.6 is 12.4 Å². The Kier molecular flexibility index (Phi) is 6.70. The molecular weight excluding hydrogens is 254 g/mol. The van der Waals surface area contributed by atoms with E-state index in [0.717, 1.165) is 39.1 Å². The Hall–Kier alpha value is -1.11. The number of H-pyrrole nitrogens is 1. The number of hydrogen-bond acceptors (Lipinski definition) is 4. The summed E-state index contributed by atoms with van der Waals surface area (Å²) in [5, 5.41) is 12.6. The molecular formula is C11H20ClN5O. The third kappa shape index (κ3) is 4.64. The van der Waals surface area contributed by atoms with Crippen molar-refractivity contribution in [2.45, 2.75) is 6.42 Å². The maximum Gasteiger partial charge on any atom is 0.269 e. The summed E-state index contributed by atoms with van der Waals surface area (Å²) in [4.78, 5) is 14.0. The third-order valence-corrected chi connectivity index (χ3v) is 2.89. The highest BCUT2D eigenvalue weighted by atomic mass is 35.5. The van der Waals surface area contributed by atoms with Crippen molar-refractivity contribution in [3.05, 3.63) is 18.0 Å². The fourth-order valence-corrected chi connectivity index (χ4v) is 1.92. The van der Waals surface area contributed by atoms with Crippen molar-refractivity contribution in [2.24, 2.45) is 0 Å². The lowest BCUT2D eigenvalue weighted by Crippen LogP contribution is -2.44. The molecule has 1 saturated heterocycles. The number of aromatic nitrogens is 2. The summed E-state index contributed by atoms with van der Waals surface area (Å²) in [6, 6.07) is 1.67. The second-order valence-electron chi connectivity index (χ2n) is 4.17. The molecule has 0 atom stereocenters. The van der Waals surface area contributed by atoms with Gasteiger partial charge in [-0.05, 0) is 19.0 Å². The molecule has 0 aliphatic carbocycles. The predicted molar refractivity (Wildman–Crippen MR) is 72.1 cm³/mol. The van der Waals surface area contributed by atoms with Crippen LogP contribution < -0.4 is 10.6 Å². The SMILES string of the molecule is Cl.O=C(NCCCN1CCNCC1)c1ccn[nH]1. The lowest BCUT2D eigenvalue weighted by molar-refractivity contribution is 0.0946. The van der Waals surface area contributed by atoms with E-state index in [2.05, 4.69) is 25.7 Å². The van der Waals surface area contributed by atoms with E-state index < -0.39 is 0 Å². The first kappa shape index (κ1) is 14.9. The van der Waals surface area contributed by atoms with Crippen LogP contribution in [0.3, 0.4) is 0 Å². The van der Waals surface area contributed by atoms with Crippen LogP contribution in [0, 0.1) is 0 Å². The first-order valence-electron chi connectivity index (χ1n) is 6.07. The Balaban J connectivity index is 0.00000162. The van der Waals surface area contributed by atoms with Crippen molar-refractivity contribution in [2.75, 3.05) is 39.3 Å². The zero-order valence-electron chi connectivity index (χ0n) is 10.3. The van der Waals surface area contributed by atoms with Gasteiger partial charge in [-0.2, -0.15) is 5.10 Å². The summed E-state index contributed by atoms with van der Waals surface area (Å²) in [5.41, 5.74) is 0.521. The lowest BCUT2D eigenvalue weighted by atomic mass is 10.3. The highest BCUT2D eigenvalue weighted by Gasteiger charge is 2.09. The summed E-state index contributed by atoms with van der Waals surface area (Å²) >= 11 is 0. The van der Waals surface area contributed by atoms with Gasteiger partial charge in [-0.1, -0.05) is 0 Å². The van der Waals surface area contributed by atoms with E-state index in [4.69, 9.17) is 0 Å². The van der Waals surface area contributed by atoms with Crippen molar-refractivity contribution in [1.82, 2.24) is 25.7 Å². The smallest absolute Gasteiger partial charge is 0.269 e. The number of nitrogens with one attached hydrogen (secondary N) is 3. The van der Waals surface area contributed by atoms with Crippen LogP contribution in [0.25, 0.3) is 0 Å². The fraction of sp³-hybridized carbons (Fsp3) is 0.636. The number of halogens is 1. The Morgan fingerprint density at radius 2 is 2.22 bits per heavy atom. The topological polar surface area (TPSA) is 73.1 Å². The standard InChI is InChI=1S/C11H19N5O.ClH/c17-11(10-2-4-14-15-10)13-3-1-7-16-8-5-12-6-9-16;/h2,4,12H,1,3,5-9H2,(H,13,17)(H,14,15);1H. The minimum atomic E-state index is -0.0807. The molecule has 6 nitrogen and oxygen atoms in total. The van der Waals surface area contributed by atoms with Crippen molar-refractivity contribution < 1.29 is 4.79 Å². The molecule has 0 aromatic carbocycles. The first-order chi connectivity index (χ1) is 8.36. The lowest BCUT2D eigenvalue weighted by Gasteiger charge is -2.26. The molecule has 18 heavy (non-hydrogen) atoms. The normalized spacial score (nSPS) is 16.0. The van der Waals surface area contributed by atoms with Crippen LogP contribution in [0.2, 0.25) is 0 Å². The minimum absolute atomic E-state index is 0. The average Bonchev–Trinajstić information content (AvgIpc) is 2.89. The fourth-order valence-electron chi connectivity index (χ4n) is 1.92. The highest BCUT2D eigenvalue weighted by molar-refractivity contribution is 5.91. The van der Waals surface area contributed by atoms with Gasteiger partial charge in [0.25, 0.3) is 5.91 Å².